The molecule has 84 valence electrons. The molecule has 0 fully saturated rings. The van der Waals surface area contributed by atoms with Crippen LogP contribution in [0.25, 0.3) is 22.4 Å². The van der Waals surface area contributed by atoms with Crippen LogP contribution >= 0.6 is 0 Å². The van der Waals surface area contributed by atoms with Crippen LogP contribution < -0.4 is 0 Å². The summed E-state index contributed by atoms with van der Waals surface area (Å²) in [7, 11) is 0. The van der Waals surface area contributed by atoms with Gasteiger partial charge in [0.25, 0.3) is 0 Å². The second-order valence-corrected chi connectivity index (χ2v) is 3.75. The van der Waals surface area contributed by atoms with Crippen molar-refractivity contribution in [3.05, 3.63) is 42.7 Å². The number of hydrogen-bond donors (Lipinski definition) is 0. The van der Waals surface area contributed by atoms with Gasteiger partial charge in [0, 0.05) is 24.3 Å². The van der Waals surface area contributed by atoms with Gasteiger partial charge in [-0.2, -0.15) is 5.10 Å². The molecule has 0 saturated carbocycles. The first kappa shape index (κ1) is 9.96. The van der Waals surface area contributed by atoms with E-state index in [-0.39, 0.29) is 0 Å². The van der Waals surface area contributed by atoms with Gasteiger partial charge in [0.2, 0.25) is 0 Å². The van der Waals surface area contributed by atoms with Crippen molar-refractivity contribution in [2.24, 2.45) is 0 Å². The fourth-order valence-electron chi connectivity index (χ4n) is 1.97. The Morgan fingerprint density at radius 1 is 1.06 bits per heavy atom. The molecule has 0 unspecified atom stereocenters. The summed E-state index contributed by atoms with van der Waals surface area (Å²) in [5.74, 6) is 0.725. The van der Waals surface area contributed by atoms with Gasteiger partial charge in [-0.25, -0.2) is 9.97 Å². The second-order valence-electron chi connectivity index (χ2n) is 3.75. The van der Waals surface area contributed by atoms with E-state index in [2.05, 4.69) is 28.1 Å². The predicted octanol–water partition coefficient (Wildman–Crippen LogP) is 2.51. The Kier molecular flexibility index (Phi) is 2.33. The summed E-state index contributed by atoms with van der Waals surface area (Å²) in [6, 6.07) is 9.88. The summed E-state index contributed by atoms with van der Waals surface area (Å²) in [5, 5.41) is 5.64. The highest BCUT2D eigenvalue weighted by Gasteiger charge is 2.13. The fraction of sp³-hybridized carbons (Fsp3) is 0.154. The van der Waals surface area contributed by atoms with E-state index in [0.29, 0.717) is 0 Å². The summed E-state index contributed by atoms with van der Waals surface area (Å²) in [4.78, 5) is 8.62. The van der Waals surface area contributed by atoms with Gasteiger partial charge in [-0.05, 0) is 19.1 Å². The average molecular weight is 224 g/mol. The first-order valence-electron chi connectivity index (χ1n) is 5.63. The van der Waals surface area contributed by atoms with Crippen molar-refractivity contribution in [2.45, 2.75) is 13.5 Å². The zero-order valence-electron chi connectivity index (χ0n) is 9.54. The van der Waals surface area contributed by atoms with E-state index in [0.717, 1.165) is 29.0 Å². The van der Waals surface area contributed by atoms with Gasteiger partial charge in [0.1, 0.15) is 5.69 Å². The minimum atomic E-state index is 0.725. The maximum Gasteiger partial charge on any atom is 0.178 e. The molecule has 0 N–H and O–H groups in total. The smallest absolute Gasteiger partial charge is 0.178 e. The minimum absolute atomic E-state index is 0.725. The third-order valence-electron chi connectivity index (χ3n) is 2.72. The first-order valence-corrected chi connectivity index (χ1v) is 5.63. The molecule has 3 aromatic rings. The molecule has 17 heavy (non-hydrogen) atoms. The molecule has 0 spiro atoms. The number of rotatable bonds is 2. The lowest BCUT2D eigenvalue weighted by Crippen LogP contribution is -2.01. The monoisotopic (exact) mass is 224 g/mol. The average Bonchev–Trinajstić information content (AvgIpc) is 2.78. The minimum Gasteiger partial charge on any atom is -0.261 e. The highest BCUT2D eigenvalue weighted by molar-refractivity contribution is 5.91. The van der Waals surface area contributed by atoms with Crippen LogP contribution in [0.15, 0.2) is 42.7 Å². The van der Waals surface area contributed by atoms with Gasteiger partial charge in [-0.3, -0.25) is 4.68 Å². The molecule has 0 radical (unpaired) electrons. The molecular weight excluding hydrogens is 212 g/mol. The van der Waals surface area contributed by atoms with Crippen LogP contribution in [0.4, 0.5) is 0 Å². The largest absolute Gasteiger partial charge is 0.261 e. The van der Waals surface area contributed by atoms with Crippen molar-refractivity contribution in [3.63, 3.8) is 0 Å². The molecular formula is C13H12N4. The van der Waals surface area contributed by atoms with E-state index < -0.39 is 0 Å². The van der Waals surface area contributed by atoms with Crippen LogP contribution in [0.1, 0.15) is 6.92 Å². The standard InChI is InChI=1S/C13H12N4/c1-2-17-12(13-14-8-5-9-15-13)10-6-3-4-7-11(10)16-17/h3-9H,2H2,1H3. The highest BCUT2D eigenvalue weighted by atomic mass is 15.3. The molecule has 4 heteroatoms. The number of nitrogens with zero attached hydrogens (tertiary/aromatic N) is 4. The van der Waals surface area contributed by atoms with Crippen LogP contribution in [0.3, 0.4) is 0 Å². The lowest BCUT2D eigenvalue weighted by Gasteiger charge is -2.02. The Morgan fingerprint density at radius 3 is 2.59 bits per heavy atom. The SMILES string of the molecule is CCn1nc2ccccc2c1-c1ncccn1. The van der Waals surface area contributed by atoms with Crippen molar-refractivity contribution in [2.75, 3.05) is 0 Å². The molecule has 0 amide bonds. The zero-order chi connectivity index (χ0) is 11.7. The van der Waals surface area contributed by atoms with Gasteiger partial charge in [0.05, 0.1) is 5.52 Å². The lowest BCUT2D eigenvalue weighted by molar-refractivity contribution is 0.671. The number of hydrogen-bond acceptors (Lipinski definition) is 3. The Balaban J connectivity index is 2.34. The number of fused-ring (bicyclic) bond motifs is 1. The maximum absolute atomic E-state index is 4.54. The third kappa shape index (κ3) is 1.58. The van der Waals surface area contributed by atoms with Crippen molar-refractivity contribution >= 4 is 10.9 Å². The molecule has 1 aromatic carbocycles. The van der Waals surface area contributed by atoms with Crippen LogP contribution in [0.2, 0.25) is 0 Å². The van der Waals surface area contributed by atoms with Crippen LogP contribution in [-0.2, 0) is 6.54 Å². The summed E-state index contributed by atoms with van der Waals surface area (Å²) in [6.45, 7) is 2.88. The van der Waals surface area contributed by atoms with E-state index in [9.17, 15) is 0 Å². The molecule has 0 bridgehead atoms. The molecule has 0 aliphatic carbocycles. The zero-order valence-corrected chi connectivity index (χ0v) is 9.54. The van der Waals surface area contributed by atoms with E-state index >= 15 is 0 Å². The van der Waals surface area contributed by atoms with Gasteiger partial charge >= 0.3 is 0 Å². The van der Waals surface area contributed by atoms with Crippen molar-refractivity contribution in [3.8, 4) is 11.5 Å². The van der Waals surface area contributed by atoms with Gasteiger partial charge in [-0.1, -0.05) is 18.2 Å². The van der Waals surface area contributed by atoms with E-state index in [1.54, 1.807) is 12.4 Å². The third-order valence-corrected chi connectivity index (χ3v) is 2.72. The van der Waals surface area contributed by atoms with Crippen molar-refractivity contribution in [1.29, 1.82) is 0 Å². The predicted molar refractivity (Wildman–Crippen MR) is 66.4 cm³/mol. The normalized spacial score (nSPS) is 10.9. The van der Waals surface area contributed by atoms with Crippen molar-refractivity contribution < 1.29 is 0 Å². The van der Waals surface area contributed by atoms with E-state index in [1.807, 2.05) is 28.9 Å². The molecule has 2 aromatic heterocycles. The number of aromatic nitrogens is 4. The molecule has 0 aliphatic heterocycles. The van der Waals surface area contributed by atoms with E-state index in [4.69, 9.17) is 0 Å². The molecule has 3 rings (SSSR count). The van der Waals surface area contributed by atoms with Gasteiger partial charge in [0.15, 0.2) is 5.82 Å². The number of benzene rings is 1. The lowest BCUT2D eigenvalue weighted by atomic mass is 10.2. The molecule has 0 atom stereocenters. The Morgan fingerprint density at radius 2 is 1.82 bits per heavy atom. The summed E-state index contributed by atoms with van der Waals surface area (Å²) < 4.78 is 1.94. The van der Waals surface area contributed by atoms with Crippen molar-refractivity contribution in [1.82, 2.24) is 19.7 Å². The van der Waals surface area contributed by atoms with Gasteiger partial charge in [-0.15, -0.1) is 0 Å². The topological polar surface area (TPSA) is 43.6 Å². The number of aryl methyl sites for hydroxylation is 1. The fourth-order valence-corrected chi connectivity index (χ4v) is 1.97. The van der Waals surface area contributed by atoms with Gasteiger partial charge < -0.3 is 0 Å². The van der Waals surface area contributed by atoms with Crippen LogP contribution in [0.5, 0.6) is 0 Å². The summed E-state index contributed by atoms with van der Waals surface area (Å²) in [5.41, 5.74) is 1.97. The quantitative estimate of drug-likeness (QED) is 0.671. The maximum atomic E-state index is 4.54. The second kappa shape index (κ2) is 3.97. The summed E-state index contributed by atoms with van der Waals surface area (Å²) in [6.07, 6.45) is 3.51. The highest BCUT2D eigenvalue weighted by Crippen LogP contribution is 2.25. The molecule has 0 aliphatic rings. The summed E-state index contributed by atoms with van der Waals surface area (Å²) >= 11 is 0. The molecule has 2 heterocycles. The Labute approximate surface area is 98.9 Å². The van der Waals surface area contributed by atoms with Crippen LogP contribution in [0, 0.1) is 0 Å². The Hall–Kier alpha value is -2.23. The van der Waals surface area contributed by atoms with E-state index in [1.165, 1.54) is 0 Å². The first-order chi connectivity index (χ1) is 8.40. The Bertz CT molecular complexity index is 643. The molecule has 4 nitrogen and oxygen atoms in total. The van der Waals surface area contributed by atoms with Crippen LogP contribution in [-0.4, -0.2) is 19.7 Å². The molecule has 0 saturated heterocycles.